The molecule has 6 nitrogen and oxygen atoms in total. The predicted octanol–water partition coefficient (Wildman–Crippen LogP) is 1.69. The Kier molecular flexibility index (Phi) is 6.19. The minimum absolute atomic E-state index is 0.195. The van der Waals surface area contributed by atoms with E-state index in [1.54, 1.807) is 12.1 Å². The van der Waals surface area contributed by atoms with Crippen LogP contribution in [0.4, 0.5) is 5.69 Å². The molecule has 2 rings (SSSR count). The molecule has 7 heteroatoms. The fourth-order valence-corrected chi connectivity index (χ4v) is 2.98. The smallest absolute Gasteiger partial charge is 0.240 e. The molecule has 0 atom stereocenters. The summed E-state index contributed by atoms with van der Waals surface area (Å²) in [5, 5.41) is 0. The van der Waals surface area contributed by atoms with Crippen LogP contribution in [0, 0.1) is 0 Å². The van der Waals surface area contributed by atoms with Gasteiger partial charge in [-0.05, 0) is 56.1 Å². The Balaban J connectivity index is 1.90. The van der Waals surface area contributed by atoms with Gasteiger partial charge in [-0.1, -0.05) is 12.1 Å². The average Bonchev–Trinajstić information content (AvgIpc) is 2.54. The van der Waals surface area contributed by atoms with Crippen LogP contribution < -0.4 is 15.2 Å². The van der Waals surface area contributed by atoms with Gasteiger partial charge in [0.05, 0.1) is 4.90 Å². The fraction of sp³-hybridized carbons (Fsp3) is 0.294. The maximum atomic E-state index is 12.2. The molecule has 0 saturated carbocycles. The molecule has 0 fully saturated rings. The van der Waals surface area contributed by atoms with Gasteiger partial charge in [-0.2, -0.15) is 0 Å². The van der Waals surface area contributed by atoms with Crippen molar-refractivity contribution in [2.24, 2.45) is 0 Å². The highest BCUT2D eigenvalue weighted by atomic mass is 32.2. The molecule has 0 spiro atoms. The fourth-order valence-electron chi connectivity index (χ4n) is 1.96. The summed E-state index contributed by atoms with van der Waals surface area (Å²) in [6.07, 6.45) is 0. The SMILES string of the molecule is CN(C)CCOc1ccc(CNS(=O)(=O)c2ccc(N)cc2)cc1. The van der Waals surface area contributed by atoms with Crippen LogP contribution in [-0.4, -0.2) is 40.6 Å². The third kappa shape index (κ3) is 5.52. The normalized spacial score (nSPS) is 11.6. The maximum absolute atomic E-state index is 12.2. The highest BCUT2D eigenvalue weighted by Crippen LogP contribution is 2.14. The number of nitrogens with one attached hydrogen (secondary N) is 1. The van der Waals surface area contributed by atoms with Crippen LogP contribution in [0.2, 0.25) is 0 Å². The van der Waals surface area contributed by atoms with Crippen LogP contribution >= 0.6 is 0 Å². The van der Waals surface area contributed by atoms with Gasteiger partial charge >= 0.3 is 0 Å². The molecule has 0 unspecified atom stereocenters. The zero-order chi connectivity index (χ0) is 17.6. The van der Waals surface area contributed by atoms with Gasteiger partial charge in [0, 0.05) is 18.8 Å². The third-order valence-corrected chi connectivity index (χ3v) is 4.80. The largest absolute Gasteiger partial charge is 0.492 e. The van der Waals surface area contributed by atoms with Gasteiger partial charge in [0.15, 0.2) is 0 Å². The van der Waals surface area contributed by atoms with Gasteiger partial charge < -0.3 is 15.4 Å². The zero-order valence-corrected chi connectivity index (χ0v) is 14.7. The highest BCUT2D eigenvalue weighted by molar-refractivity contribution is 7.89. The van der Waals surface area contributed by atoms with Crippen molar-refractivity contribution in [1.82, 2.24) is 9.62 Å². The van der Waals surface area contributed by atoms with E-state index < -0.39 is 10.0 Å². The lowest BCUT2D eigenvalue weighted by Gasteiger charge is -2.11. The number of benzene rings is 2. The van der Waals surface area contributed by atoms with Crippen LogP contribution in [0.5, 0.6) is 5.75 Å². The van der Waals surface area contributed by atoms with Crippen molar-refractivity contribution in [2.75, 3.05) is 33.0 Å². The van der Waals surface area contributed by atoms with Gasteiger partial charge in [0.25, 0.3) is 0 Å². The van der Waals surface area contributed by atoms with Crippen molar-refractivity contribution in [2.45, 2.75) is 11.4 Å². The average molecular weight is 349 g/mol. The molecule has 0 aromatic heterocycles. The lowest BCUT2D eigenvalue weighted by atomic mass is 10.2. The van der Waals surface area contributed by atoms with E-state index in [0.717, 1.165) is 17.9 Å². The summed E-state index contributed by atoms with van der Waals surface area (Å²) in [6.45, 7) is 1.66. The zero-order valence-electron chi connectivity index (χ0n) is 13.9. The van der Waals surface area contributed by atoms with E-state index in [1.807, 2.05) is 43.3 Å². The predicted molar refractivity (Wildman–Crippen MR) is 95.4 cm³/mol. The summed E-state index contributed by atoms with van der Waals surface area (Å²) in [6, 6.07) is 13.5. The number of nitrogens with two attached hydrogens (primary N) is 1. The molecule has 0 radical (unpaired) electrons. The number of anilines is 1. The van der Waals surface area contributed by atoms with Gasteiger partial charge in [-0.3, -0.25) is 0 Å². The number of ether oxygens (including phenoxy) is 1. The molecule has 2 aromatic rings. The lowest BCUT2D eigenvalue weighted by Crippen LogP contribution is -2.23. The number of sulfonamides is 1. The molecule has 0 saturated heterocycles. The molecule has 3 N–H and O–H groups in total. The maximum Gasteiger partial charge on any atom is 0.240 e. The summed E-state index contributed by atoms with van der Waals surface area (Å²) in [5.41, 5.74) is 6.95. The number of nitrogen functional groups attached to an aromatic ring is 1. The minimum atomic E-state index is -3.55. The van der Waals surface area contributed by atoms with Crippen molar-refractivity contribution in [3.8, 4) is 5.75 Å². The first-order valence-corrected chi connectivity index (χ1v) is 9.07. The molecule has 0 amide bonds. The summed E-state index contributed by atoms with van der Waals surface area (Å²) >= 11 is 0. The Hall–Kier alpha value is -2.09. The van der Waals surface area contributed by atoms with Crippen LogP contribution in [0.25, 0.3) is 0 Å². The molecule has 0 aliphatic carbocycles. The summed E-state index contributed by atoms with van der Waals surface area (Å²) in [4.78, 5) is 2.24. The van der Waals surface area contributed by atoms with E-state index in [0.29, 0.717) is 12.3 Å². The first-order chi connectivity index (χ1) is 11.4. The van der Waals surface area contributed by atoms with E-state index in [2.05, 4.69) is 4.72 Å². The second-order valence-electron chi connectivity index (χ2n) is 5.69. The van der Waals surface area contributed by atoms with E-state index in [-0.39, 0.29) is 11.4 Å². The summed E-state index contributed by atoms with van der Waals surface area (Å²) in [5.74, 6) is 0.766. The van der Waals surface area contributed by atoms with Gasteiger partial charge in [-0.25, -0.2) is 13.1 Å². The van der Waals surface area contributed by atoms with Gasteiger partial charge in [0.1, 0.15) is 12.4 Å². The Morgan fingerprint density at radius 2 is 1.67 bits per heavy atom. The van der Waals surface area contributed by atoms with E-state index in [4.69, 9.17) is 10.5 Å². The Labute approximate surface area is 143 Å². The summed E-state index contributed by atoms with van der Waals surface area (Å²) in [7, 11) is 0.420. The second-order valence-corrected chi connectivity index (χ2v) is 7.46. The molecule has 130 valence electrons. The van der Waals surface area contributed by atoms with E-state index in [9.17, 15) is 8.42 Å². The molecular formula is C17H23N3O3S. The van der Waals surface area contributed by atoms with Crippen LogP contribution in [0.3, 0.4) is 0 Å². The van der Waals surface area contributed by atoms with Crippen LogP contribution in [0.15, 0.2) is 53.4 Å². The first kappa shape index (κ1) is 18.3. The number of hydrogen-bond acceptors (Lipinski definition) is 5. The van der Waals surface area contributed by atoms with E-state index in [1.165, 1.54) is 12.1 Å². The topological polar surface area (TPSA) is 84.7 Å². The molecular weight excluding hydrogens is 326 g/mol. The lowest BCUT2D eigenvalue weighted by molar-refractivity contribution is 0.261. The minimum Gasteiger partial charge on any atom is -0.492 e. The molecule has 24 heavy (non-hydrogen) atoms. The van der Waals surface area contributed by atoms with Crippen LogP contribution in [0.1, 0.15) is 5.56 Å². The molecule has 0 heterocycles. The quantitative estimate of drug-likeness (QED) is 0.709. The monoisotopic (exact) mass is 349 g/mol. The Morgan fingerprint density at radius 1 is 1.04 bits per heavy atom. The molecule has 0 aliphatic heterocycles. The summed E-state index contributed by atoms with van der Waals surface area (Å²) < 4.78 is 32.6. The Morgan fingerprint density at radius 3 is 2.25 bits per heavy atom. The number of likely N-dealkylation sites (N-methyl/N-ethyl adjacent to an activating group) is 1. The standard InChI is InChI=1S/C17H23N3O3S/c1-20(2)11-12-23-16-7-3-14(4-8-16)13-19-24(21,22)17-9-5-15(18)6-10-17/h3-10,19H,11-13,18H2,1-2H3. The number of hydrogen-bond donors (Lipinski definition) is 2. The molecule has 0 aliphatic rings. The second kappa shape index (κ2) is 8.14. The van der Waals surface area contributed by atoms with Crippen molar-refractivity contribution in [3.63, 3.8) is 0 Å². The number of nitrogens with zero attached hydrogens (tertiary/aromatic N) is 1. The molecule has 2 aromatic carbocycles. The van der Waals surface area contributed by atoms with Crippen molar-refractivity contribution >= 4 is 15.7 Å². The van der Waals surface area contributed by atoms with Gasteiger partial charge in [0.2, 0.25) is 10.0 Å². The third-order valence-electron chi connectivity index (χ3n) is 3.39. The van der Waals surface area contributed by atoms with Crippen molar-refractivity contribution in [1.29, 1.82) is 0 Å². The highest BCUT2D eigenvalue weighted by Gasteiger charge is 2.13. The van der Waals surface area contributed by atoms with Gasteiger partial charge in [-0.15, -0.1) is 0 Å². The van der Waals surface area contributed by atoms with Crippen molar-refractivity contribution in [3.05, 3.63) is 54.1 Å². The molecule has 0 bridgehead atoms. The number of rotatable bonds is 8. The van der Waals surface area contributed by atoms with E-state index >= 15 is 0 Å². The van der Waals surface area contributed by atoms with Crippen molar-refractivity contribution < 1.29 is 13.2 Å². The van der Waals surface area contributed by atoms with Crippen LogP contribution in [-0.2, 0) is 16.6 Å². The first-order valence-electron chi connectivity index (χ1n) is 7.58. The Bertz CT molecular complexity index is 742.